The predicted molar refractivity (Wildman–Crippen MR) is 43.6 cm³/mol. The molecular weight excluding hydrogens is 128 g/mol. The molecule has 0 radical (unpaired) electrons. The van der Waals surface area contributed by atoms with E-state index in [1.54, 1.807) is 0 Å². The SMILES string of the molecule is CCNCCNNCCN. The van der Waals surface area contributed by atoms with Crippen molar-refractivity contribution < 1.29 is 0 Å². The Morgan fingerprint density at radius 1 is 1.10 bits per heavy atom. The fraction of sp³-hybridized carbons (Fsp3) is 1.00. The number of likely N-dealkylation sites (N-methyl/N-ethyl adjacent to an activating group) is 1. The van der Waals surface area contributed by atoms with Crippen molar-refractivity contribution >= 4 is 0 Å². The number of nitrogens with two attached hydrogens (primary N) is 1. The van der Waals surface area contributed by atoms with E-state index in [9.17, 15) is 0 Å². The molecule has 0 bridgehead atoms. The van der Waals surface area contributed by atoms with Gasteiger partial charge in [-0.1, -0.05) is 6.92 Å². The Labute approximate surface area is 62.5 Å². The molecule has 4 nitrogen and oxygen atoms in total. The van der Waals surface area contributed by atoms with Crippen molar-refractivity contribution in [1.82, 2.24) is 16.2 Å². The number of nitrogens with one attached hydrogen (secondary N) is 3. The molecule has 62 valence electrons. The first kappa shape index (κ1) is 9.84. The van der Waals surface area contributed by atoms with Gasteiger partial charge in [0.1, 0.15) is 0 Å². The Hall–Kier alpha value is -0.160. The summed E-state index contributed by atoms with van der Waals surface area (Å²) in [7, 11) is 0. The van der Waals surface area contributed by atoms with Gasteiger partial charge in [-0.15, -0.1) is 0 Å². The minimum absolute atomic E-state index is 0.675. The molecule has 10 heavy (non-hydrogen) atoms. The summed E-state index contributed by atoms with van der Waals surface area (Å²) < 4.78 is 0. The lowest BCUT2D eigenvalue weighted by molar-refractivity contribution is 0.523. The van der Waals surface area contributed by atoms with E-state index in [2.05, 4.69) is 23.1 Å². The van der Waals surface area contributed by atoms with Crippen molar-refractivity contribution in [3.8, 4) is 0 Å². The highest BCUT2D eigenvalue weighted by molar-refractivity contribution is 4.46. The van der Waals surface area contributed by atoms with E-state index in [-0.39, 0.29) is 0 Å². The molecule has 0 heterocycles. The molecule has 4 heteroatoms. The monoisotopic (exact) mass is 146 g/mol. The van der Waals surface area contributed by atoms with E-state index >= 15 is 0 Å². The maximum Gasteiger partial charge on any atom is 0.0225 e. The summed E-state index contributed by atoms with van der Waals surface area (Å²) in [6.07, 6.45) is 0. The van der Waals surface area contributed by atoms with Crippen molar-refractivity contribution in [2.24, 2.45) is 5.73 Å². The summed E-state index contributed by atoms with van der Waals surface area (Å²) in [6.45, 7) is 6.55. The van der Waals surface area contributed by atoms with Gasteiger partial charge in [0.25, 0.3) is 0 Å². The van der Waals surface area contributed by atoms with Crippen LogP contribution in [0.3, 0.4) is 0 Å². The average Bonchev–Trinajstić information content (AvgIpc) is 1.97. The van der Waals surface area contributed by atoms with Gasteiger partial charge >= 0.3 is 0 Å². The molecule has 0 saturated heterocycles. The summed E-state index contributed by atoms with van der Waals surface area (Å²) in [5.41, 5.74) is 11.3. The third kappa shape index (κ3) is 7.84. The number of hydrogen-bond acceptors (Lipinski definition) is 4. The van der Waals surface area contributed by atoms with Crippen molar-refractivity contribution in [3.05, 3.63) is 0 Å². The van der Waals surface area contributed by atoms with Crippen LogP contribution in [0.5, 0.6) is 0 Å². The molecule has 0 saturated carbocycles. The Bertz CT molecular complexity index is 49.7. The smallest absolute Gasteiger partial charge is 0.0225 e. The summed E-state index contributed by atoms with van der Waals surface area (Å²) in [5.74, 6) is 0. The molecule has 0 aliphatic rings. The van der Waals surface area contributed by atoms with Crippen molar-refractivity contribution in [2.45, 2.75) is 6.92 Å². The zero-order valence-electron chi connectivity index (χ0n) is 6.61. The first-order valence-corrected chi connectivity index (χ1v) is 3.78. The second-order valence-corrected chi connectivity index (χ2v) is 2.00. The third-order valence-electron chi connectivity index (χ3n) is 1.07. The Morgan fingerprint density at radius 3 is 2.40 bits per heavy atom. The van der Waals surface area contributed by atoms with Gasteiger partial charge < -0.3 is 11.1 Å². The first-order valence-electron chi connectivity index (χ1n) is 3.78. The minimum Gasteiger partial charge on any atom is -0.329 e. The quantitative estimate of drug-likeness (QED) is 0.265. The van der Waals surface area contributed by atoms with Crippen LogP contribution in [-0.4, -0.2) is 32.7 Å². The Balaban J connectivity index is 2.65. The lowest BCUT2D eigenvalue weighted by Gasteiger charge is -2.04. The summed E-state index contributed by atoms with van der Waals surface area (Å²) in [4.78, 5) is 0. The molecule has 0 spiro atoms. The van der Waals surface area contributed by atoms with Crippen LogP contribution < -0.4 is 21.9 Å². The third-order valence-corrected chi connectivity index (χ3v) is 1.07. The van der Waals surface area contributed by atoms with E-state index in [4.69, 9.17) is 5.73 Å². The fourth-order valence-electron chi connectivity index (χ4n) is 0.577. The molecule has 5 N–H and O–H groups in total. The average molecular weight is 146 g/mol. The minimum atomic E-state index is 0.675. The molecular formula is C6H18N4. The van der Waals surface area contributed by atoms with E-state index in [1.807, 2.05) is 0 Å². The van der Waals surface area contributed by atoms with Crippen LogP contribution in [0.4, 0.5) is 0 Å². The highest BCUT2D eigenvalue weighted by Crippen LogP contribution is 1.54. The van der Waals surface area contributed by atoms with Crippen LogP contribution in [-0.2, 0) is 0 Å². The largest absolute Gasteiger partial charge is 0.329 e. The van der Waals surface area contributed by atoms with Gasteiger partial charge in [0.05, 0.1) is 0 Å². The van der Waals surface area contributed by atoms with Gasteiger partial charge in [0.2, 0.25) is 0 Å². The zero-order valence-corrected chi connectivity index (χ0v) is 6.61. The van der Waals surface area contributed by atoms with Gasteiger partial charge in [0, 0.05) is 26.2 Å². The van der Waals surface area contributed by atoms with Crippen molar-refractivity contribution in [1.29, 1.82) is 0 Å². The maximum atomic E-state index is 5.25. The zero-order chi connectivity index (χ0) is 7.66. The normalized spacial score (nSPS) is 10.2. The van der Waals surface area contributed by atoms with Crippen molar-refractivity contribution in [2.75, 3.05) is 32.7 Å². The van der Waals surface area contributed by atoms with Gasteiger partial charge in [-0.25, -0.2) is 0 Å². The number of rotatable bonds is 7. The highest BCUT2D eigenvalue weighted by Gasteiger charge is 1.82. The Morgan fingerprint density at radius 2 is 1.80 bits per heavy atom. The maximum absolute atomic E-state index is 5.25. The van der Waals surface area contributed by atoms with E-state index in [0.717, 1.165) is 26.2 Å². The molecule has 0 atom stereocenters. The summed E-state index contributed by atoms with van der Waals surface area (Å²) in [5, 5.41) is 3.19. The van der Waals surface area contributed by atoms with E-state index < -0.39 is 0 Å². The molecule has 0 fully saturated rings. The number of hydrogen-bond donors (Lipinski definition) is 4. The van der Waals surface area contributed by atoms with E-state index in [0.29, 0.717) is 6.54 Å². The van der Waals surface area contributed by atoms with E-state index in [1.165, 1.54) is 0 Å². The lowest BCUT2D eigenvalue weighted by Crippen LogP contribution is -2.39. The molecule has 0 rings (SSSR count). The second-order valence-electron chi connectivity index (χ2n) is 2.00. The van der Waals surface area contributed by atoms with Crippen LogP contribution >= 0.6 is 0 Å². The van der Waals surface area contributed by atoms with Crippen LogP contribution in [0.1, 0.15) is 6.92 Å². The molecule has 0 aliphatic carbocycles. The highest BCUT2D eigenvalue weighted by atomic mass is 15.4. The molecule has 0 unspecified atom stereocenters. The van der Waals surface area contributed by atoms with Crippen LogP contribution in [0, 0.1) is 0 Å². The Kier molecular flexibility index (Phi) is 8.70. The van der Waals surface area contributed by atoms with Crippen LogP contribution in [0.2, 0.25) is 0 Å². The molecule has 0 aliphatic heterocycles. The predicted octanol–water partition coefficient (Wildman–Crippen LogP) is -1.35. The van der Waals surface area contributed by atoms with Crippen LogP contribution in [0.15, 0.2) is 0 Å². The van der Waals surface area contributed by atoms with Gasteiger partial charge in [0.15, 0.2) is 0 Å². The molecule has 0 aromatic heterocycles. The van der Waals surface area contributed by atoms with Gasteiger partial charge in [-0.3, -0.25) is 10.9 Å². The van der Waals surface area contributed by atoms with Crippen molar-refractivity contribution in [3.63, 3.8) is 0 Å². The standard InChI is InChI=1S/C6H18N4/c1-2-8-5-6-10-9-4-3-7/h8-10H,2-7H2,1H3. The first-order chi connectivity index (χ1) is 4.91. The molecule has 0 aromatic rings. The van der Waals surface area contributed by atoms with Gasteiger partial charge in [-0.05, 0) is 6.54 Å². The second kappa shape index (κ2) is 8.84. The van der Waals surface area contributed by atoms with Crippen LogP contribution in [0.25, 0.3) is 0 Å². The molecule has 0 amide bonds. The number of hydrazine groups is 1. The lowest BCUT2D eigenvalue weighted by atomic mass is 10.6. The fourth-order valence-corrected chi connectivity index (χ4v) is 0.577. The topological polar surface area (TPSA) is 62.1 Å². The summed E-state index contributed by atoms with van der Waals surface area (Å²) in [6, 6.07) is 0. The molecule has 0 aromatic carbocycles. The van der Waals surface area contributed by atoms with Gasteiger partial charge in [-0.2, -0.15) is 0 Å². The summed E-state index contributed by atoms with van der Waals surface area (Å²) >= 11 is 0.